The van der Waals surface area contributed by atoms with Gasteiger partial charge in [-0.25, -0.2) is 5.43 Å². The Morgan fingerprint density at radius 3 is 2.53 bits per heavy atom. The smallest absolute Gasteiger partial charge is 0.250 e. The lowest BCUT2D eigenvalue weighted by molar-refractivity contribution is -0.118. The van der Waals surface area contributed by atoms with E-state index < -0.39 is 0 Å². The summed E-state index contributed by atoms with van der Waals surface area (Å²) in [4.78, 5) is 12.4. The van der Waals surface area contributed by atoms with Gasteiger partial charge >= 0.3 is 0 Å². The minimum absolute atomic E-state index is 0.0984. The Morgan fingerprint density at radius 2 is 1.82 bits per heavy atom. The second kappa shape index (κ2) is 11.2. The van der Waals surface area contributed by atoms with Crippen LogP contribution in [0.3, 0.4) is 0 Å². The fraction of sp³-hybridized carbons (Fsp3) is 0.0833. The van der Waals surface area contributed by atoms with Gasteiger partial charge in [0.1, 0.15) is 5.75 Å². The van der Waals surface area contributed by atoms with Crippen LogP contribution in [0.15, 0.2) is 83.1 Å². The normalized spacial score (nSPS) is 11.0. The molecule has 0 saturated heterocycles. The summed E-state index contributed by atoms with van der Waals surface area (Å²) in [5, 5.41) is 14.5. The summed E-state index contributed by atoms with van der Waals surface area (Å²) >= 11 is 13.3. The van der Waals surface area contributed by atoms with Crippen molar-refractivity contribution in [3.8, 4) is 22.8 Å². The molecule has 1 amide bonds. The number of nitrogens with zero attached hydrogens (tertiary/aromatic N) is 4. The third-order valence-electron chi connectivity index (χ3n) is 4.65. The van der Waals surface area contributed by atoms with E-state index in [2.05, 4.69) is 20.7 Å². The highest BCUT2D eigenvalue weighted by atomic mass is 35.5. The number of hydrogen-bond donors (Lipinski definition) is 1. The highest BCUT2D eigenvalue weighted by molar-refractivity contribution is 7.99. The number of amides is 1. The van der Waals surface area contributed by atoms with Gasteiger partial charge in [0.15, 0.2) is 11.0 Å². The monoisotopic (exact) mass is 511 g/mol. The highest BCUT2D eigenvalue weighted by Gasteiger charge is 2.17. The number of carbonyl (C=O) groups excluding carboxylic acids is 1. The third-order valence-corrected chi connectivity index (χ3v) is 6.07. The fourth-order valence-electron chi connectivity index (χ4n) is 3.04. The average Bonchev–Trinajstić information content (AvgIpc) is 3.27. The van der Waals surface area contributed by atoms with Crippen LogP contribution in [0.1, 0.15) is 5.56 Å². The maximum absolute atomic E-state index is 12.4. The number of rotatable bonds is 8. The van der Waals surface area contributed by atoms with E-state index in [1.165, 1.54) is 18.0 Å². The van der Waals surface area contributed by atoms with Crippen molar-refractivity contribution in [3.63, 3.8) is 0 Å². The number of halogens is 2. The van der Waals surface area contributed by atoms with Gasteiger partial charge in [0, 0.05) is 21.3 Å². The Morgan fingerprint density at radius 1 is 1.06 bits per heavy atom. The van der Waals surface area contributed by atoms with Gasteiger partial charge in [-0.05, 0) is 66.2 Å². The predicted octanol–water partition coefficient (Wildman–Crippen LogP) is 5.49. The number of hydrogen-bond acceptors (Lipinski definition) is 6. The molecule has 0 unspecified atom stereocenters. The van der Waals surface area contributed by atoms with E-state index in [0.717, 1.165) is 22.6 Å². The lowest BCUT2D eigenvalue weighted by Crippen LogP contribution is -2.20. The van der Waals surface area contributed by atoms with E-state index >= 15 is 0 Å². The molecule has 34 heavy (non-hydrogen) atoms. The molecule has 0 fully saturated rings. The standard InChI is InChI=1S/C24H19Cl2N5O2S/c1-33-21-11-5-17(6-12-21)23-29-30-24(31(23)20-9-7-18(25)8-10-20)34-15-22(32)28-27-14-16-3-2-4-19(26)13-16/h2-14H,15H2,1H3,(H,28,32). The minimum Gasteiger partial charge on any atom is -0.497 e. The maximum atomic E-state index is 12.4. The molecule has 0 radical (unpaired) electrons. The van der Waals surface area contributed by atoms with Crippen LogP contribution in [0.2, 0.25) is 10.0 Å². The molecule has 0 aliphatic heterocycles. The molecule has 0 aliphatic rings. The van der Waals surface area contributed by atoms with Gasteiger partial charge in [-0.3, -0.25) is 9.36 Å². The van der Waals surface area contributed by atoms with E-state index in [9.17, 15) is 4.79 Å². The van der Waals surface area contributed by atoms with E-state index in [1.807, 2.05) is 53.1 Å². The number of nitrogens with one attached hydrogen (secondary N) is 1. The van der Waals surface area contributed by atoms with Crippen LogP contribution < -0.4 is 10.2 Å². The lowest BCUT2D eigenvalue weighted by Gasteiger charge is -2.11. The fourth-order valence-corrected chi connectivity index (χ4v) is 4.11. The largest absolute Gasteiger partial charge is 0.497 e. The van der Waals surface area contributed by atoms with Gasteiger partial charge in [0.2, 0.25) is 0 Å². The van der Waals surface area contributed by atoms with Crippen LogP contribution in [-0.4, -0.2) is 39.7 Å². The van der Waals surface area contributed by atoms with Gasteiger partial charge in [0.05, 0.1) is 19.1 Å². The van der Waals surface area contributed by atoms with Gasteiger partial charge in [0.25, 0.3) is 5.91 Å². The summed E-state index contributed by atoms with van der Waals surface area (Å²) in [7, 11) is 1.62. The Labute approximate surface area is 210 Å². The van der Waals surface area contributed by atoms with Crippen molar-refractivity contribution < 1.29 is 9.53 Å². The summed E-state index contributed by atoms with van der Waals surface area (Å²) < 4.78 is 7.13. The van der Waals surface area contributed by atoms with Crippen LogP contribution in [-0.2, 0) is 4.79 Å². The predicted molar refractivity (Wildman–Crippen MR) is 136 cm³/mol. The summed E-state index contributed by atoms with van der Waals surface area (Å²) in [5.41, 5.74) is 4.97. The molecule has 3 aromatic carbocycles. The molecule has 10 heteroatoms. The first-order chi connectivity index (χ1) is 16.5. The Kier molecular flexibility index (Phi) is 7.84. The molecule has 1 aromatic heterocycles. The zero-order valence-electron chi connectivity index (χ0n) is 18.0. The van der Waals surface area contributed by atoms with Crippen molar-refractivity contribution >= 4 is 47.1 Å². The molecule has 0 saturated carbocycles. The maximum Gasteiger partial charge on any atom is 0.250 e. The molecule has 7 nitrogen and oxygen atoms in total. The molecule has 0 spiro atoms. The third kappa shape index (κ3) is 5.96. The zero-order valence-corrected chi connectivity index (χ0v) is 20.3. The SMILES string of the molecule is COc1ccc(-c2nnc(SCC(=O)NN=Cc3cccc(Cl)c3)n2-c2ccc(Cl)cc2)cc1. The molecule has 1 N–H and O–H groups in total. The zero-order chi connectivity index (χ0) is 23.9. The van der Waals surface area contributed by atoms with Crippen LogP contribution >= 0.6 is 35.0 Å². The summed E-state index contributed by atoms with van der Waals surface area (Å²) in [6.45, 7) is 0. The summed E-state index contributed by atoms with van der Waals surface area (Å²) in [6, 6.07) is 22.0. The van der Waals surface area contributed by atoms with Crippen molar-refractivity contribution in [2.45, 2.75) is 5.16 Å². The summed E-state index contributed by atoms with van der Waals surface area (Å²) in [5.74, 6) is 1.19. The Bertz CT molecular complexity index is 1310. The number of ether oxygens (including phenoxy) is 1. The first-order valence-electron chi connectivity index (χ1n) is 10.1. The molecule has 4 rings (SSSR count). The molecule has 0 bridgehead atoms. The molecule has 1 heterocycles. The van der Waals surface area contributed by atoms with Crippen LogP contribution in [0.4, 0.5) is 0 Å². The van der Waals surface area contributed by atoms with Gasteiger partial charge < -0.3 is 4.74 Å². The topological polar surface area (TPSA) is 81.4 Å². The van der Waals surface area contributed by atoms with E-state index in [0.29, 0.717) is 21.0 Å². The van der Waals surface area contributed by atoms with Crippen LogP contribution in [0, 0.1) is 0 Å². The van der Waals surface area contributed by atoms with E-state index in [4.69, 9.17) is 27.9 Å². The Hall–Kier alpha value is -3.33. The van der Waals surface area contributed by atoms with E-state index in [-0.39, 0.29) is 11.7 Å². The van der Waals surface area contributed by atoms with Crippen molar-refractivity contribution in [3.05, 3.63) is 88.4 Å². The van der Waals surface area contributed by atoms with Crippen molar-refractivity contribution in [2.24, 2.45) is 5.10 Å². The number of hydrazone groups is 1. The van der Waals surface area contributed by atoms with Crippen LogP contribution in [0.25, 0.3) is 17.1 Å². The molecular formula is C24H19Cl2N5O2S. The van der Waals surface area contributed by atoms with Gasteiger partial charge in [-0.15, -0.1) is 10.2 Å². The average molecular weight is 512 g/mol. The highest BCUT2D eigenvalue weighted by Crippen LogP contribution is 2.29. The first kappa shape index (κ1) is 23.8. The number of methoxy groups -OCH3 is 1. The number of aromatic nitrogens is 3. The minimum atomic E-state index is -0.278. The van der Waals surface area contributed by atoms with Gasteiger partial charge in [-0.2, -0.15) is 5.10 Å². The summed E-state index contributed by atoms with van der Waals surface area (Å²) in [6.07, 6.45) is 1.53. The number of carbonyl (C=O) groups is 1. The second-order valence-electron chi connectivity index (χ2n) is 6.98. The molecule has 4 aromatic rings. The molecule has 172 valence electrons. The number of thioether (sulfide) groups is 1. The van der Waals surface area contributed by atoms with E-state index in [1.54, 1.807) is 31.4 Å². The van der Waals surface area contributed by atoms with Crippen molar-refractivity contribution in [1.29, 1.82) is 0 Å². The Balaban J connectivity index is 1.52. The van der Waals surface area contributed by atoms with Crippen LogP contribution in [0.5, 0.6) is 5.75 Å². The quantitative estimate of drug-likeness (QED) is 0.192. The van der Waals surface area contributed by atoms with Crippen molar-refractivity contribution in [1.82, 2.24) is 20.2 Å². The number of benzene rings is 3. The molecule has 0 aliphatic carbocycles. The second-order valence-corrected chi connectivity index (χ2v) is 8.80. The van der Waals surface area contributed by atoms with Gasteiger partial charge in [-0.1, -0.05) is 47.1 Å². The molecule has 0 atom stereocenters. The lowest BCUT2D eigenvalue weighted by atomic mass is 10.2. The van der Waals surface area contributed by atoms with Crippen molar-refractivity contribution in [2.75, 3.05) is 12.9 Å². The molecular weight excluding hydrogens is 493 g/mol. The first-order valence-corrected chi connectivity index (χ1v) is 11.8.